The standard InChI is InChI=1S/C15H20N2O3/c1-3-4-7-20-13-5-6-15-14(9-13)12(10-16-15)8-11(2)17(18)19/h5-6,9-11,16H,3-4,7-8H2,1-2H3. The minimum atomic E-state index is -0.585. The molecule has 0 aliphatic heterocycles. The van der Waals surface area contributed by atoms with Crippen molar-refractivity contribution in [1.82, 2.24) is 4.98 Å². The average Bonchev–Trinajstić information content (AvgIpc) is 2.82. The van der Waals surface area contributed by atoms with Gasteiger partial charge in [-0.05, 0) is 30.2 Å². The summed E-state index contributed by atoms with van der Waals surface area (Å²) < 4.78 is 5.68. The van der Waals surface area contributed by atoms with E-state index in [-0.39, 0.29) is 4.92 Å². The van der Waals surface area contributed by atoms with Crippen LogP contribution in [0, 0.1) is 10.1 Å². The second-order valence-corrected chi connectivity index (χ2v) is 5.06. The second kappa shape index (κ2) is 6.41. The zero-order chi connectivity index (χ0) is 14.5. The molecular weight excluding hydrogens is 256 g/mol. The fourth-order valence-electron chi connectivity index (χ4n) is 2.14. The van der Waals surface area contributed by atoms with Crippen LogP contribution in [-0.2, 0) is 6.42 Å². The SMILES string of the molecule is CCCCOc1ccc2[nH]cc(CC(C)[N+](=O)[O-])c2c1. The predicted octanol–water partition coefficient (Wildman–Crippen LogP) is 3.55. The van der Waals surface area contributed by atoms with Gasteiger partial charge in [-0.2, -0.15) is 0 Å². The predicted molar refractivity (Wildman–Crippen MR) is 78.9 cm³/mol. The van der Waals surface area contributed by atoms with Crippen LogP contribution in [0.5, 0.6) is 5.75 Å². The maximum Gasteiger partial charge on any atom is 0.214 e. The monoisotopic (exact) mass is 276 g/mol. The number of benzene rings is 1. The Morgan fingerprint density at radius 3 is 2.95 bits per heavy atom. The van der Waals surface area contributed by atoms with Crippen molar-refractivity contribution in [2.75, 3.05) is 6.61 Å². The van der Waals surface area contributed by atoms with Gasteiger partial charge in [-0.1, -0.05) is 13.3 Å². The maximum atomic E-state index is 10.8. The van der Waals surface area contributed by atoms with Gasteiger partial charge in [0.15, 0.2) is 0 Å². The molecule has 5 nitrogen and oxygen atoms in total. The number of H-pyrrole nitrogens is 1. The Morgan fingerprint density at radius 1 is 1.45 bits per heavy atom. The van der Waals surface area contributed by atoms with E-state index in [0.717, 1.165) is 35.1 Å². The zero-order valence-electron chi connectivity index (χ0n) is 11.9. The lowest BCUT2D eigenvalue weighted by molar-refractivity contribution is -0.517. The molecule has 2 rings (SSSR count). The van der Waals surface area contributed by atoms with Crippen LogP contribution in [0.15, 0.2) is 24.4 Å². The first-order chi connectivity index (χ1) is 9.61. The molecule has 0 aliphatic rings. The fourth-order valence-corrected chi connectivity index (χ4v) is 2.14. The highest BCUT2D eigenvalue weighted by Gasteiger charge is 2.16. The lowest BCUT2D eigenvalue weighted by Gasteiger charge is -2.06. The number of ether oxygens (including phenoxy) is 1. The van der Waals surface area contributed by atoms with Crippen LogP contribution in [0.3, 0.4) is 0 Å². The van der Waals surface area contributed by atoms with Crippen LogP contribution in [0.25, 0.3) is 10.9 Å². The van der Waals surface area contributed by atoms with E-state index in [9.17, 15) is 10.1 Å². The first-order valence-electron chi connectivity index (χ1n) is 6.98. The van der Waals surface area contributed by atoms with E-state index in [4.69, 9.17) is 4.74 Å². The molecule has 0 spiro atoms. The number of nitrogens with one attached hydrogen (secondary N) is 1. The molecule has 0 radical (unpaired) electrons. The summed E-state index contributed by atoms with van der Waals surface area (Å²) >= 11 is 0. The molecule has 1 heterocycles. The van der Waals surface area contributed by atoms with Crippen molar-refractivity contribution < 1.29 is 9.66 Å². The van der Waals surface area contributed by atoms with Crippen molar-refractivity contribution in [1.29, 1.82) is 0 Å². The van der Waals surface area contributed by atoms with Crippen molar-refractivity contribution >= 4 is 10.9 Å². The summed E-state index contributed by atoms with van der Waals surface area (Å²) in [6, 6.07) is 5.26. The quantitative estimate of drug-likeness (QED) is 0.477. The normalized spacial score (nSPS) is 12.5. The zero-order valence-corrected chi connectivity index (χ0v) is 11.9. The smallest absolute Gasteiger partial charge is 0.214 e. The highest BCUT2D eigenvalue weighted by atomic mass is 16.6. The van der Waals surface area contributed by atoms with Gasteiger partial charge in [0.05, 0.1) is 6.61 Å². The van der Waals surface area contributed by atoms with Gasteiger partial charge < -0.3 is 9.72 Å². The van der Waals surface area contributed by atoms with Crippen LogP contribution < -0.4 is 4.74 Å². The number of hydrogen-bond donors (Lipinski definition) is 1. The minimum absolute atomic E-state index is 0.250. The van der Waals surface area contributed by atoms with E-state index in [1.165, 1.54) is 0 Å². The Bertz CT molecular complexity index is 592. The number of nitrogens with zero attached hydrogens (tertiary/aromatic N) is 1. The van der Waals surface area contributed by atoms with Crippen molar-refractivity contribution in [3.63, 3.8) is 0 Å². The number of hydrogen-bond acceptors (Lipinski definition) is 3. The van der Waals surface area contributed by atoms with Gasteiger partial charge in [-0.25, -0.2) is 0 Å². The molecule has 20 heavy (non-hydrogen) atoms. The van der Waals surface area contributed by atoms with Crippen molar-refractivity contribution in [2.45, 2.75) is 39.2 Å². The fraction of sp³-hybridized carbons (Fsp3) is 0.467. The molecule has 5 heteroatoms. The van der Waals surface area contributed by atoms with Crippen LogP contribution in [-0.4, -0.2) is 22.6 Å². The van der Waals surface area contributed by atoms with Crippen LogP contribution in [0.2, 0.25) is 0 Å². The van der Waals surface area contributed by atoms with E-state index < -0.39 is 6.04 Å². The number of fused-ring (bicyclic) bond motifs is 1. The molecule has 1 atom stereocenters. The first-order valence-corrected chi connectivity index (χ1v) is 6.98. The topological polar surface area (TPSA) is 68.2 Å². The van der Waals surface area contributed by atoms with Crippen LogP contribution in [0.4, 0.5) is 0 Å². The summed E-state index contributed by atoms with van der Waals surface area (Å²) in [5.41, 5.74) is 1.95. The molecule has 0 bridgehead atoms. The third-order valence-electron chi connectivity index (χ3n) is 3.38. The Labute approximate surface area is 118 Å². The molecule has 0 fully saturated rings. The van der Waals surface area contributed by atoms with Gasteiger partial charge in [-0.15, -0.1) is 0 Å². The average molecular weight is 276 g/mol. The minimum Gasteiger partial charge on any atom is -0.494 e. The maximum absolute atomic E-state index is 10.8. The Morgan fingerprint density at radius 2 is 2.25 bits per heavy atom. The van der Waals surface area contributed by atoms with Gasteiger partial charge >= 0.3 is 0 Å². The van der Waals surface area contributed by atoms with Gasteiger partial charge in [0, 0.05) is 35.4 Å². The Hall–Kier alpha value is -2.04. The summed E-state index contributed by atoms with van der Waals surface area (Å²) in [5, 5.41) is 11.8. The molecule has 1 aromatic carbocycles. The molecule has 0 amide bonds. The first kappa shape index (κ1) is 14.4. The summed E-state index contributed by atoms with van der Waals surface area (Å²) in [6.45, 7) is 4.45. The number of nitro groups is 1. The highest BCUT2D eigenvalue weighted by Crippen LogP contribution is 2.25. The largest absolute Gasteiger partial charge is 0.494 e. The number of aromatic amines is 1. The molecule has 1 N–H and O–H groups in total. The Balaban J connectivity index is 2.19. The van der Waals surface area contributed by atoms with Gasteiger partial charge in [0.25, 0.3) is 0 Å². The number of aromatic nitrogens is 1. The van der Waals surface area contributed by atoms with Crippen LogP contribution in [0.1, 0.15) is 32.3 Å². The molecule has 0 saturated heterocycles. The summed E-state index contributed by atoms with van der Waals surface area (Å²) in [6.07, 6.45) is 4.39. The summed E-state index contributed by atoms with van der Waals surface area (Å²) in [4.78, 5) is 13.7. The number of rotatable bonds is 7. The second-order valence-electron chi connectivity index (χ2n) is 5.06. The van der Waals surface area contributed by atoms with Crippen molar-refractivity contribution in [3.05, 3.63) is 40.1 Å². The lowest BCUT2D eigenvalue weighted by Crippen LogP contribution is -2.17. The molecule has 1 unspecified atom stereocenters. The van der Waals surface area contributed by atoms with Crippen molar-refractivity contribution in [3.8, 4) is 5.75 Å². The third-order valence-corrected chi connectivity index (χ3v) is 3.38. The highest BCUT2D eigenvalue weighted by molar-refractivity contribution is 5.84. The number of unbranched alkanes of at least 4 members (excludes halogenated alkanes) is 1. The molecule has 0 saturated carbocycles. The summed E-state index contributed by atoms with van der Waals surface area (Å²) in [7, 11) is 0. The van der Waals surface area contributed by atoms with E-state index in [0.29, 0.717) is 13.0 Å². The molecular formula is C15H20N2O3. The van der Waals surface area contributed by atoms with Gasteiger partial charge in [0.2, 0.25) is 6.04 Å². The van der Waals surface area contributed by atoms with Crippen LogP contribution >= 0.6 is 0 Å². The Kier molecular flexibility index (Phi) is 4.61. The molecule has 1 aromatic heterocycles. The summed E-state index contributed by atoms with van der Waals surface area (Å²) in [5.74, 6) is 0.820. The van der Waals surface area contributed by atoms with Gasteiger partial charge in [-0.3, -0.25) is 10.1 Å². The lowest BCUT2D eigenvalue weighted by atomic mass is 10.1. The van der Waals surface area contributed by atoms with E-state index in [2.05, 4.69) is 11.9 Å². The van der Waals surface area contributed by atoms with E-state index >= 15 is 0 Å². The van der Waals surface area contributed by atoms with Gasteiger partial charge in [0.1, 0.15) is 5.75 Å². The molecule has 108 valence electrons. The third kappa shape index (κ3) is 3.29. The van der Waals surface area contributed by atoms with E-state index in [1.807, 2.05) is 24.4 Å². The molecule has 0 aliphatic carbocycles. The van der Waals surface area contributed by atoms with E-state index in [1.54, 1.807) is 6.92 Å². The van der Waals surface area contributed by atoms with Crippen molar-refractivity contribution in [2.24, 2.45) is 0 Å². The molecule has 2 aromatic rings.